The highest BCUT2D eigenvalue weighted by Gasteiger charge is 2.35. The molecule has 2 amide bonds. The Morgan fingerprint density at radius 2 is 2.05 bits per heavy atom. The summed E-state index contributed by atoms with van der Waals surface area (Å²) in [5, 5.41) is 11.0. The average molecular weight is 297 g/mol. The summed E-state index contributed by atoms with van der Waals surface area (Å²) in [6.07, 6.45) is -4.63. The van der Waals surface area contributed by atoms with Crippen molar-refractivity contribution in [2.45, 2.75) is 19.1 Å². The number of nitriles is 1. The average Bonchev–Trinajstić information content (AvgIpc) is 2.41. The number of anilines is 1. The molecule has 1 aromatic rings. The first kappa shape index (κ1) is 14.8. The van der Waals surface area contributed by atoms with Gasteiger partial charge in [0.05, 0.1) is 23.7 Å². The summed E-state index contributed by atoms with van der Waals surface area (Å²) >= 11 is 0. The van der Waals surface area contributed by atoms with E-state index in [1.54, 1.807) is 0 Å². The van der Waals surface area contributed by atoms with Crippen molar-refractivity contribution in [1.29, 1.82) is 5.26 Å². The molecule has 110 valence electrons. The summed E-state index contributed by atoms with van der Waals surface area (Å²) in [5.74, 6) is -1.08. The Balaban J connectivity index is 2.44. The summed E-state index contributed by atoms with van der Waals surface area (Å²) < 4.78 is 38.2. The maximum absolute atomic E-state index is 12.7. The van der Waals surface area contributed by atoms with Crippen LogP contribution in [0.2, 0.25) is 0 Å². The molecule has 0 bridgehead atoms. The lowest BCUT2D eigenvalue weighted by Crippen LogP contribution is -2.57. The predicted molar refractivity (Wildman–Crippen MR) is 66.1 cm³/mol. The smallest absolute Gasteiger partial charge is 0.350 e. The summed E-state index contributed by atoms with van der Waals surface area (Å²) in [5.41, 5.74) is -1.38. The molecule has 1 aromatic carbocycles. The van der Waals surface area contributed by atoms with Gasteiger partial charge in [0.1, 0.15) is 6.04 Å². The molecule has 2 rings (SSSR count). The molecule has 21 heavy (non-hydrogen) atoms. The molecule has 0 spiro atoms. The van der Waals surface area contributed by atoms with E-state index in [9.17, 15) is 22.8 Å². The van der Waals surface area contributed by atoms with Gasteiger partial charge in [-0.25, -0.2) is 0 Å². The molecule has 1 heterocycles. The second-order valence-electron chi connectivity index (χ2n) is 4.56. The van der Waals surface area contributed by atoms with Crippen molar-refractivity contribution < 1.29 is 22.8 Å². The highest BCUT2D eigenvalue weighted by atomic mass is 19.4. The third-order valence-corrected chi connectivity index (χ3v) is 3.18. The number of hydrogen-bond donors (Lipinski definition) is 1. The minimum Gasteiger partial charge on any atom is -0.350 e. The van der Waals surface area contributed by atoms with E-state index >= 15 is 0 Å². The number of benzene rings is 1. The first-order valence-electron chi connectivity index (χ1n) is 5.95. The molecule has 8 heteroatoms. The van der Waals surface area contributed by atoms with Crippen LogP contribution in [0, 0.1) is 11.3 Å². The maximum atomic E-state index is 12.7. The Morgan fingerprint density at radius 1 is 1.38 bits per heavy atom. The van der Waals surface area contributed by atoms with E-state index in [0.29, 0.717) is 0 Å². The first-order valence-corrected chi connectivity index (χ1v) is 5.95. The van der Waals surface area contributed by atoms with Crippen molar-refractivity contribution >= 4 is 17.5 Å². The van der Waals surface area contributed by atoms with Gasteiger partial charge in [0.15, 0.2) is 0 Å². The van der Waals surface area contributed by atoms with Crippen LogP contribution in [0.15, 0.2) is 18.2 Å². The molecule has 1 fully saturated rings. The molecular formula is C13H10F3N3O2. The lowest BCUT2D eigenvalue weighted by atomic mass is 10.0. The largest absolute Gasteiger partial charge is 0.417 e. The fourth-order valence-corrected chi connectivity index (χ4v) is 2.08. The SMILES string of the molecule is CC1C(=O)NC(=O)CN1c1ccc(C(F)(F)F)c(C#N)c1. The molecule has 5 nitrogen and oxygen atoms in total. The van der Waals surface area contributed by atoms with E-state index in [0.717, 1.165) is 18.2 Å². The Bertz CT molecular complexity index is 649. The summed E-state index contributed by atoms with van der Waals surface area (Å²) in [4.78, 5) is 24.3. The number of carbonyl (C=O) groups excluding carboxylic acids is 2. The van der Waals surface area contributed by atoms with Crippen molar-refractivity contribution in [2.75, 3.05) is 11.4 Å². The van der Waals surface area contributed by atoms with Crippen molar-refractivity contribution in [2.24, 2.45) is 0 Å². The Hall–Kier alpha value is -2.56. The third-order valence-electron chi connectivity index (χ3n) is 3.18. The van der Waals surface area contributed by atoms with Crippen LogP contribution in [0.25, 0.3) is 0 Å². The van der Waals surface area contributed by atoms with Gasteiger partial charge in [-0.05, 0) is 25.1 Å². The van der Waals surface area contributed by atoms with Crippen LogP contribution in [0.5, 0.6) is 0 Å². The van der Waals surface area contributed by atoms with Crippen molar-refractivity contribution in [1.82, 2.24) is 5.32 Å². The Morgan fingerprint density at radius 3 is 2.62 bits per heavy atom. The number of rotatable bonds is 1. The number of piperazine rings is 1. The van der Waals surface area contributed by atoms with Gasteiger partial charge >= 0.3 is 6.18 Å². The van der Waals surface area contributed by atoms with Gasteiger partial charge in [-0.3, -0.25) is 14.9 Å². The lowest BCUT2D eigenvalue weighted by molar-refractivity contribution is -0.138. The maximum Gasteiger partial charge on any atom is 0.417 e. The van der Waals surface area contributed by atoms with E-state index in [1.165, 1.54) is 17.9 Å². The molecule has 0 aliphatic carbocycles. The second kappa shape index (κ2) is 5.09. The number of alkyl halides is 3. The number of nitrogens with zero attached hydrogens (tertiary/aromatic N) is 2. The van der Waals surface area contributed by atoms with Crippen LogP contribution in [0.1, 0.15) is 18.1 Å². The van der Waals surface area contributed by atoms with Crippen molar-refractivity contribution in [3.63, 3.8) is 0 Å². The second-order valence-corrected chi connectivity index (χ2v) is 4.56. The molecule has 1 unspecified atom stereocenters. The monoisotopic (exact) mass is 297 g/mol. The number of amides is 2. The van der Waals surface area contributed by atoms with Gasteiger partial charge < -0.3 is 4.90 Å². The quantitative estimate of drug-likeness (QED) is 0.796. The topological polar surface area (TPSA) is 73.2 Å². The molecule has 0 radical (unpaired) electrons. The summed E-state index contributed by atoms with van der Waals surface area (Å²) in [6.45, 7) is 1.36. The molecule has 1 N–H and O–H groups in total. The van der Waals surface area contributed by atoms with E-state index in [4.69, 9.17) is 5.26 Å². The molecule has 0 aromatic heterocycles. The standard InChI is InChI=1S/C13H10F3N3O2/c1-7-12(21)18-11(20)6-19(7)9-2-3-10(13(14,15)16)8(4-9)5-17/h2-4,7H,6H2,1H3,(H,18,20,21). The van der Waals surface area contributed by atoms with E-state index in [1.807, 2.05) is 0 Å². The van der Waals surface area contributed by atoms with Gasteiger partial charge in [-0.2, -0.15) is 18.4 Å². The fourth-order valence-electron chi connectivity index (χ4n) is 2.08. The zero-order valence-electron chi connectivity index (χ0n) is 10.9. The number of hydrogen-bond acceptors (Lipinski definition) is 4. The molecule has 1 aliphatic heterocycles. The highest BCUT2D eigenvalue weighted by molar-refractivity contribution is 6.04. The van der Waals surface area contributed by atoms with Crippen LogP contribution in [0.4, 0.5) is 18.9 Å². The highest BCUT2D eigenvalue weighted by Crippen LogP contribution is 2.34. The van der Waals surface area contributed by atoms with E-state index in [-0.39, 0.29) is 12.2 Å². The molecule has 0 saturated carbocycles. The zero-order valence-corrected chi connectivity index (χ0v) is 10.9. The van der Waals surface area contributed by atoms with Gasteiger partial charge in [0.25, 0.3) is 0 Å². The molecule has 1 saturated heterocycles. The summed E-state index contributed by atoms with van der Waals surface area (Å²) in [6, 6.07) is 3.72. The molecule has 1 atom stereocenters. The van der Waals surface area contributed by atoms with Crippen molar-refractivity contribution in [3.05, 3.63) is 29.3 Å². The van der Waals surface area contributed by atoms with E-state index in [2.05, 4.69) is 5.32 Å². The summed E-state index contributed by atoms with van der Waals surface area (Å²) in [7, 11) is 0. The van der Waals surface area contributed by atoms with Crippen LogP contribution in [-0.2, 0) is 15.8 Å². The van der Waals surface area contributed by atoms with Crippen LogP contribution in [-0.4, -0.2) is 24.4 Å². The number of imide groups is 1. The van der Waals surface area contributed by atoms with Gasteiger partial charge in [0.2, 0.25) is 11.8 Å². The minimum atomic E-state index is -4.63. The van der Waals surface area contributed by atoms with Crippen molar-refractivity contribution in [3.8, 4) is 6.07 Å². The first-order chi connectivity index (χ1) is 9.74. The Labute approximate surface area is 118 Å². The Kier molecular flexibility index (Phi) is 3.60. The van der Waals surface area contributed by atoms with Crippen LogP contribution < -0.4 is 10.2 Å². The lowest BCUT2D eigenvalue weighted by Gasteiger charge is -2.33. The van der Waals surface area contributed by atoms with E-state index < -0.39 is 35.2 Å². The normalized spacial score (nSPS) is 19.2. The number of nitrogens with one attached hydrogen (secondary N) is 1. The van der Waals surface area contributed by atoms with Gasteiger partial charge in [-0.1, -0.05) is 0 Å². The van der Waals surface area contributed by atoms with Gasteiger partial charge in [-0.15, -0.1) is 0 Å². The zero-order chi connectivity index (χ0) is 15.8. The predicted octanol–water partition coefficient (Wildman–Crippen LogP) is 1.43. The molecular weight excluding hydrogens is 287 g/mol. The fraction of sp³-hybridized carbons (Fsp3) is 0.308. The number of carbonyl (C=O) groups is 2. The molecule has 1 aliphatic rings. The van der Waals surface area contributed by atoms with Crippen LogP contribution >= 0.6 is 0 Å². The van der Waals surface area contributed by atoms with Crippen LogP contribution in [0.3, 0.4) is 0 Å². The minimum absolute atomic E-state index is 0.164. The van der Waals surface area contributed by atoms with Gasteiger partial charge in [0, 0.05) is 5.69 Å². The number of halogens is 3. The third kappa shape index (κ3) is 2.81.